The molecule has 10 heteroatoms. The third kappa shape index (κ3) is 3.13. The molecule has 0 saturated carbocycles. The van der Waals surface area contributed by atoms with Gasteiger partial charge in [0.15, 0.2) is 0 Å². The normalized spacial score (nSPS) is 17.2. The number of benzene rings is 2. The summed E-state index contributed by atoms with van der Waals surface area (Å²) < 4.78 is 64.6. The van der Waals surface area contributed by atoms with Gasteiger partial charge in [-0.3, -0.25) is 4.79 Å². The number of fused-ring (bicyclic) bond motifs is 4. The highest BCUT2D eigenvalue weighted by atomic mass is 19.4. The molecule has 2 N–H and O–H groups in total. The summed E-state index contributed by atoms with van der Waals surface area (Å²) in [6.07, 6.45) is -4.51. The van der Waals surface area contributed by atoms with Crippen LogP contribution in [0.2, 0.25) is 0 Å². The van der Waals surface area contributed by atoms with Gasteiger partial charge in [0.2, 0.25) is 0 Å². The van der Waals surface area contributed by atoms with E-state index in [9.17, 15) is 22.4 Å². The molecule has 0 unspecified atom stereocenters. The zero-order valence-electron chi connectivity index (χ0n) is 16.8. The van der Waals surface area contributed by atoms with Crippen molar-refractivity contribution in [2.45, 2.75) is 25.4 Å². The smallest absolute Gasteiger partial charge is 0.416 e. The van der Waals surface area contributed by atoms with Gasteiger partial charge in [-0.2, -0.15) is 13.2 Å². The largest absolute Gasteiger partial charge is 0.491 e. The maximum absolute atomic E-state index is 14.9. The summed E-state index contributed by atoms with van der Waals surface area (Å²) in [5, 5.41) is 0.572. The number of anilines is 1. The first kappa shape index (κ1) is 20.5. The summed E-state index contributed by atoms with van der Waals surface area (Å²) in [5.74, 6) is -1.08. The predicted molar refractivity (Wildman–Crippen MR) is 106 cm³/mol. The molecule has 0 fully saturated rings. The quantitative estimate of drug-likeness (QED) is 0.596. The number of pyridine rings is 1. The Hall–Kier alpha value is -3.40. The highest BCUT2D eigenvalue weighted by molar-refractivity contribution is 5.99. The highest BCUT2D eigenvalue weighted by Crippen LogP contribution is 2.41. The van der Waals surface area contributed by atoms with Gasteiger partial charge in [-0.25, -0.2) is 9.37 Å². The van der Waals surface area contributed by atoms with Crippen LogP contribution in [0.15, 0.2) is 30.3 Å². The van der Waals surface area contributed by atoms with Crippen LogP contribution in [0.25, 0.3) is 10.9 Å². The van der Waals surface area contributed by atoms with Crippen LogP contribution in [0.4, 0.5) is 23.4 Å². The van der Waals surface area contributed by atoms with Crippen LogP contribution in [-0.2, 0) is 24.1 Å². The van der Waals surface area contributed by atoms with Gasteiger partial charge < -0.3 is 20.1 Å². The Labute approximate surface area is 179 Å². The Morgan fingerprint density at radius 3 is 2.69 bits per heavy atom. The number of ether oxygens (including phenoxy) is 2. The predicted octanol–water partition coefficient (Wildman–Crippen LogP) is 4.21. The third-order valence-corrected chi connectivity index (χ3v) is 5.93. The maximum Gasteiger partial charge on any atom is 0.416 e. The van der Waals surface area contributed by atoms with E-state index < -0.39 is 29.5 Å². The molecule has 1 atom stereocenters. The average molecular weight is 447 g/mol. The Bertz CT molecular complexity index is 1280. The number of carbonyl (C=O) groups excluding carboxylic acids is 1. The van der Waals surface area contributed by atoms with Crippen molar-refractivity contribution in [3.05, 3.63) is 64.0 Å². The van der Waals surface area contributed by atoms with Crippen LogP contribution >= 0.6 is 0 Å². The van der Waals surface area contributed by atoms with E-state index >= 15 is 0 Å². The molecule has 2 aromatic carbocycles. The van der Waals surface area contributed by atoms with Crippen molar-refractivity contribution in [1.82, 2.24) is 9.88 Å². The van der Waals surface area contributed by atoms with Crippen LogP contribution < -0.4 is 10.5 Å². The summed E-state index contributed by atoms with van der Waals surface area (Å²) in [4.78, 5) is 18.7. The van der Waals surface area contributed by atoms with E-state index in [2.05, 4.69) is 4.98 Å². The minimum absolute atomic E-state index is 0.0323. The standard InChI is InChI=1S/C22H17F4N3O3/c1-29(18-9-32-19-4-10(22(24,25)26)2-3-11(18)19)21(30)13-5-12-14-7-31-8-15(14)20(27)28-17(12)6-16(13)23/h2-6,18H,7-9H2,1H3,(H2,27,28)/t18-/m1/s1. The first-order chi connectivity index (χ1) is 15.1. The summed E-state index contributed by atoms with van der Waals surface area (Å²) >= 11 is 0. The molecule has 166 valence electrons. The van der Waals surface area contributed by atoms with Crippen LogP contribution in [0.1, 0.15) is 38.7 Å². The lowest BCUT2D eigenvalue weighted by Crippen LogP contribution is -2.32. The average Bonchev–Trinajstić information content (AvgIpc) is 3.39. The fourth-order valence-electron chi connectivity index (χ4n) is 4.18. The molecule has 1 aromatic heterocycles. The van der Waals surface area contributed by atoms with Crippen molar-refractivity contribution in [1.29, 1.82) is 0 Å². The minimum Gasteiger partial charge on any atom is -0.491 e. The summed E-state index contributed by atoms with van der Waals surface area (Å²) in [6.45, 7) is 0.537. The topological polar surface area (TPSA) is 77.7 Å². The van der Waals surface area contributed by atoms with Crippen molar-refractivity contribution in [2.24, 2.45) is 0 Å². The highest BCUT2D eigenvalue weighted by Gasteiger charge is 2.36. The number of amides is 1. The second-order valence-electron chi connectivity index (χ2n) is 7.79. The zero-order chi connectivity index (χ0) is 22.8. The van der Waals surface area contributed by atoms with Gasteiger partial charge in [-0.15, -0.1) is 0 Å². The molecule has 3 aromatic rings. The number of hydrogen-bond donors (Lipinski definition) is 1. The number of nitrogens with zero attached hydrogens (tertiary/aromatic N) is 2. The summed E-state index contributed by atoms with van der Waals surface area (Å²) in [6, 6.07) is 5.05. The third-order valence-electron chi connectivity index (χ3n) is 5.93. The van der Waals surface area contributed by atoms with Crippen molar-refractivity contribution < 1.29 is 31.8 Å². The number of hydrogen-bond acceptors (Lipinski definition) is 5. The first-order valence-corrected chi connectivity index (χ1v) is 9.74. The van der Waals surface area contributed by atoms with Gasteiger partial charge >= 0.3 is 6.18 Å². The van der Waals surface area contributed by atoms with Gasteiger partial charge in [-0.05, 0) is 23.8 Å². The fourth-order valence-corrected chi connectivity index (χ4v) is 4.18. The Balaban J connectivity index is 1.50. The molecule has 32 heavy (non-hydrogen) atoms. The lowest BCUT2D eigenvalue weighted by molar-refractivity contribution is -0.137. The van der Waals surface area contributed by atoms with Gasteiger partial charge in [0.1, 0.15) is 24.0 Å². The molecule has 5 rings (SSSR count). The van der Waals surface area contributed by atoms with Gasteiger partial charge in [0.25, 0.3) is 5.91 Å². The number of aromatic nitrogens is 1. The van der Waals surface area contributed by atoms with Crippen LogP contribution in [-0.4, -0.2) is 29.4 Å². The molecule has 0 spiro atoms. The number of halogens is 4. The van der Waals surface area contributed by atoms with E-state index in [0.717, 1.165) is 29.3 Å². The van der Waals surface area contributed by atoms with Crippen LogP contribution in [0, 0.1) is 5.82 Å². The molecule has 6 nitrogen and oxygen atoms in total. The van der Waals surface area contributed by atoms with E-state index in [1.54, 1.807) is 0 Å². The Morgan fingerprint density at radius 2 is 1.94 bits per heavy atom. The number of rotatable bonds is 2. The van der Waals surface area contributed by atoms with Crippen LogP contribution in [0.3, 0.4) is 0 Å². The molecule has 3 heterocycles. The van der Waals surface area contributed by atoms with Crippen molar-refractivity contribution in [3.63, 3.8) is 0 Å². The van der Waals surface area contributed by atoms with E-state index in [1.165, 1.54) is 24.1 Å². The first-order valence-electron chi connectivity index (χ1n) is 9.74. The molecule has 2 aliphatic rings. The second-order valence-corrected chi connectivity index (χ2v) is 7.79. The SMILES string of the molecule is CN(C(=O)c1cc2c3c(c(N)nc2cc1F)COC3)[C@@H]1COc2cc(C(F)(F)F)ccc21. The van der Waals surface area contributed by atoms with Crippen molar-refractivity contribution in [3.8, 4) is 5.75 Å². The molecular weight excluding hydrogens is 430 g/mol. The molecule has 0 saturated heterocycles. The van der Waals surface area contributed by atoms with Crippen molar-refractivity contribution in [2.75, 3.05) is 19.4 Å². The van der Waals surface area contributed by atoms with E-state index in [0.29, 0.717) is 23.1 Å². The van der Waals surface area contributed by atoms with Gasteiger partial charge in [0.05, 0.1) is 35.9 Å². The molecule has 2 aliphatic heterocycles. The van der Waals surface area contributed by atoms with Gasteiger partial charge in [-0.1, -0.05) is 6.07 Å². The van der Waals surface area contributed by atoms with Crippen LogP contribution in [0.5, 0.6) is 5.75 Å². The Kier molecular flexibility index (Phi) is 4.52. The molecular formula is C22H17F4N3O3. The molecule has 0 bridgehead atoms. The molecule has 0 radical (unpaired) electrons. The van der Waals surface area contributed by atoms with Gasteiger partial charge in [0, 0.05) is 29.6 Å². The Morgan fingerprint density at radius 1 is 1.19 bits per heavy atom. The summed E-state index contributed by atoms with van der Waals surface area (Å²) in [5.41, 5.74) is 7.13. The molecule has 1 amide bonds. The second kappa shape index (κ2) is 7.06. The fraction of sp³-hybridized carbons (Fsp3) is 0.273. The van der Waals surface area contributed by atoms with E-state index in [-0.39, 0.29) is 30.3 Å². The van der Waals surface area contributed by atoms with E-state index in [4.69, 9.17) is 15.2 Å². The lowest BCUT2D eigenvalue weighted by Gasteiger charge is -2.24. The number of likely N-dealkylation sites (N-methyl/N-ethyl adjacent to an activating group) is 1. The summed E-state index contributed by atoms with van der Waals surface area (Å²) in [7, 11) is 1.46. The van der Waals surface area contributed by atoms with E-state index in [1.807, 2.05) is 0 Å². The number of alkyl halides is 3. The molecule has 0 aliphatic carbocycles. The number of nitrogens with two attached hydrogens (primary N) is 1. The lowest BCUT2D eigenvalue weighted by atomic mass is 10.0. The minimum atomic E-state index is -4.51. The number of nitrogen functional groups attached to an aromatic ring is 1. The number of carbonyl (C=O) groups is 1. The maximum atomic E-state index is 14.9. The monoisotopic (exact) mass is 447 g/mol. The zero-order valence-corrected chi connectivity index (χ0v) is 16.8. The van der Waals surface area contributed by atoms with Crippen molar-refractivity contribution >= 4 is 22.6 Å².